The van der Waals surface area contributed by atoms with Crippen LogP contribution in [0.4, 0.5) is 0 Å². The number of aromatic nitrogens is 2. The van der Waals surface area contributed by atoms with Gasteiger partial charge in [-0.1, -0.05) is 43.2 Å². The molecule has 1 fully saturated rings. The molecule has 94 valence electrons. The average Bonchev–Trinajstić information content (AvgIpc) is 3.12. The average molecular weight is 241 g/mol. The van der Waals surface area contributed by atoms with Crippen LogP contribution in [0.3, 0.4) is 0 Å². The van der Waals surface area contributed by atoms with Gasteiger partial charge < -0.3 is 5.32 Å². The van der Waals surface area contributed by atoms with E-state index in [0.717, 1.165) is 24.7 Å². The van der Waals surface area contributed by atoms with Gasteiger partial charge in [0.2, 0.25) is 0 Å². The Kier molecular flexibility index (Phi) is 3.42. The molecule has 0 saturated heterocycles. The van der Waals surface area contributed by atoms with E-state index >= 15 is 0 Å². The third-order valence-electron chi connectivity index (χ3n) is 3.52. The van der Waals surface area contributed by atoms with Crippen LogP contribution in [0, 0.1) is 5.92 Å². The number of H-pyrrole nitrogens is 1. The molecule has 0 bridgehead atoms. The number of rotatable bonds is 6. The van der Waals surface area contributed by atoms with Crippen LogP contribution < -0.4 is 5.32 Å². The van der Waals surface area contributed by atoms with E-state index < -0.39 is 0 Å². The highest BCUT2D eigenvalue weighted by molar-refractivity contribution is 5.62. The van der Waals surface area contributed by atoms with E-state index in [1.165, 1.54) is 30.4 Å². The second-order valence-electron chi connectivity index (χ2n) is 5.05. The maximum atomic E-state index is 4.16. The van der Waals surface area contributed by atoms with Gasteiger partial charge >= 0.3 is 0 Å². The quantitative estimate of drug-likeness (QED) is 0.763. The lowest BCUT2D eigenvalue weighted by Gasteiger charge is -2.05. The van der Waals surface area contributed by atoms with Crippen molar-refractivity contribution in [2.75, 3.05) is 6.54 Å². The molecule has 2 N–H and O–H groups in total. The Morgan fingerprint density at radius 1 is 1.22 bits per heavy atom. The molecule has 3 heteroatoms. The van der Waals surface area contributed by atoms with Crippen molar-refractivity contribution in [3.63, 3.8) is 0 Å². The summed E-state index contributed by atoms with van der Waals surface area (Å²) in [6, 6.07) is 10.4. The van der Waals surface area contributed by atoms with Crippen LogP contribution in [0.1, 0.15) is 24.8 Å². The Labute approximate surface area is 108 Å². The molecule has 0 amide bonds. The first-order valence-corrected chi connectivity index (χ1v) is 6.72. The van der Waals surface area contributed by atoms with Crippen LogP contribution >= 0.6 is 0 Å². The summed E-state index contributed by atoms with van der Waals surface area (Å²) in [6.45, 7) is 2.01. The molecule has 3 nitrogen and oxygen atoms in total. The molecule has 3 rings (SSSR count). The lowest BCUT2D eigenvalue weighted by molar-refractivity contribution is 0.613. The Morgan fingerprint density at radius 3 is 2.83 bits per heavy atom. The number of benzene rings is 1. The third kappa shape index (κ3) is 2.79. The summed E-state index contributed by atoms with van der Waals surface area (Å²) in [5.74, 6) is 0.996. The molecule has 1 aliphatic rings. The van der Waals surface area contributed by atoms with Crippen LogP contribution in [0.25, 0.3) is 11.3 Å². The van der Waals surface area contributed by atoms with Gasteiger partial charge in [-0.15, -0.1) is 0 Å². The van der Waals surface area contributed by atoms with Gasteiger partial charge in [0, 0.05) is 12.1 Å². The van der Waals surface area contributed by atoms with Gasteiger partial charge in [0.25, 0.3) is 0 Å². The molecule has 0 atom stereocenters. The smallest absolute Gasteiger partial charge is 0.0695 e. The molecule has 2 aromatic rings. The van der Waals surface area contributed by atoms with Gasteiger partial charge in [0.15, 0.2) is 0 Å². The van der Waals surface area contributed by atoms with Crippen LogP contribution in [0.2, 0.25) is 0 Å². The summed E-state index contributed by atoms with van der Waals surface area (Å²) in [4.78, 5) is 0. The van der Waals surface area contributed by atoms with Crippen molar-refractivity contribution in [1.29, 1.82) is 0 Å². The molecule has 0 unspecified atom stereocenters. The number of nitrogens with one attached hydrogen (secondary N) is 2. The fraction of sp³-hybridized carbons (Fsp3) is 0.400. The van der Waals surface area contributed by atoms with E-state index in [9.17, 15) is 0 Å². The number of nitrogens with zero attached hydrogens (tertiary/aromatic N) is 1. The first-order valence-electron chi connectivity index (χ1n) is 6.72. The van der Waals surface area contributed by atoms with Crippen molar-refractivity contribution in [2.24, 2.45) is 5.92 Å². The summed E-state index contributed by atoms with van der Waals surface area (Å²) >= 11 is 0. The van der Waals surface area contributed by atoms with Crippen LogP contribution in [0.5, 0.6) is 0 Å². The molecule has 0 radical (unpaired) electrons. The zero-order valence-corrected chi connectivity index (χ0v) is 10.5. The zero-order chi connectivity index (χ0) is 12.2. The fourth-order valence-corrected chi connectivity index (χ4v) is 2.24. The second kappa shape index (κ2) is 5.36. The molecular formula is C15H19N3. The van der Waals surface area contributed by atoms with E-state index in [1.54, 1.807) is 0 Å². The number of aromatic amines is 1. The number of hydrogen-bond acceptors (Lipinski definition) is 2. The Bertz CT molecular complexity index is 485. The minimum atomic E-state index is 0.896. The van der Waals surface area contributed by atoms with Gasteiger partial charge in [-0.25, -0.2) is 0 Å². The molecule has 1 aromatic carbocycles. The van der Waals surface area contributed by atoms with Crippen molar-refractivity contribution in [1.82, 2.24) is 15.5 Å². The molecule has 1 aliphatic carbocycles. The Morgan fingerprint density at radius 2 is 2.06 bits per heavy atom. The minimum Gasteiger partial charge on any atom is -0.313 e. The van der Waals surface area contributed by atoms with Crippen molar-refractivity contribution in [3.05, 3.63) is 42.1 Å². The van der Waals surface area contributed by atoms with E-state index in [-0.39, 0.29) is 0 Å². The van der Waals surface area contributed by atoms with Gasteiger partial charge in [0.1, 0.15) is 0 Å². The highest BCUT2D eigenvalue weighted by Gasteiger charge is 2.20. The minimum absolute atomic E-state index is 0.896. The monoisotopic (exact) mass is 241 g/mol. The molecule has 0 aliphatic heterocycles. The van der Waals surface area contributed by atoms with E-state index in [4.69, 9.17) is 0 Å². The third-order valence-corrected chi connectivity index (χ3v) is 3.52. The van der Waals surface area contributed by atoms with Gasteiger partial charge in [-0.2, -0.15) is 5.10 Å². The standard InChI is InChI=1S/C15H19N3/c1-2-4-13(5-3-1)15-14(11-17-18-15)10-16-9-8-12-6-7-12/h1-5,11-12,16H,6-10H2,(H,17,18). The normalized spacial score (nSPS) is 14.9. The molecule has 0 spiro atoms. The summed E-state index contributed by atoms with van der Waals surface area (Å²) in [6.07, 6.45) is 6.11. The topological polar surface area (TPSA) is 40.7 Å². The highest BCUT2D eigenvalue weighted by Crippen LogP contribution is 2.31. The first-order chi connectivity index (χ1) is 8.93. The van der Waals surface area contributed by atoms with Gasteiger partial charge in [-0.3, -0.25) is 5.10 Å². The van der Waals surface area contributed by atoms with Gasteiger partial charge in [-0.05, 0) is 24.4 Å². The van der Waals surface area contributed by atoms with Crippen LogP contribution in [0.15, 0.2) is 36.5 Å². The Balaban J connectivity index is 1.60. The van der Waals surface area contributed by atoms with Crippen LogP contribution in [-0.4, -0.2) is 16.7 Å². The maximum Gasteiger partial charge on any atom is 0.0695 e. The number of hydrogen-bond donors (Lipinski definition) is 2. The van der Waals surface area contributed by atoms with E-state index in [1.807, 2.05) is 12.3 Å². The predicted octanol–water partition coefficient (Wildman–Crippen LogP) is 2.97. The lowest BCUT2D eigenvalue weighted by atomic mass is 10.1. The SMILES string of the molecule is c1ccc(-c2[nH]ncc2CNCCC2CC2)cc1. The van der Waals surface area contributed by atoms with E-state index in [2.05, 4.69) is 39.8 Å². The molecule has 1 aromatic heterocycles. The fourth-order valence-electron chi connectivity index (χ4n) is 2.24. The predicted molar refractivity (Wildman–Crippen MR) is 73.1 cm³/mol. The van der Waals surface area contributed by atoms with Gasteiger partial charge in [0.05, 0.1) is 11.9 Å². The second-order valence-corrected chi connectivity index (χ2v) is 5.05. The summed E-state index contributed by atoms with van der Waals surface area (Å²) in [5.41, 5.74) is 3.58. The highest BCUT2D eigenvalue weighted by atomic mass is 15.1. The van der Waals surface area contributed by atoms with Crippen molar-refractivity contribution < 1.29 is 0 Å². The van der Waals surface area contributed by atoms with E-state index in [0.29, 0.717) is 0 Å². The molecule has 1 saturated carbocycles. The lowest BCUT2D eigenvalue weighted by Crippen LogP contribution is -2.15. The first kappa shape index (κ1) is 11.5. The van der Waals surface area contributed by atoms with Crippen molar-refractivity contribution >= 4 is 0 Å². The molecular weight excluding hydrogens is 222 g/mol. The summed E-state index contributed by atoms with van der Waals surface area (Å²) in [7, 11) is 0. The molecule has 18 heavy (non-hydrogen) atoms. The van der Waals surface area contributed by atoms with Crippen molar-refractivity contribution in [2.45, 2.75) is 25.8 Å². The van der Waals surface area contributed by atoms with Crippen LogP contribution in [-0.2, 0) is 6.54 Å². The summed E-state index contributed by atoms with van der Waals surface area (Å²) in [5, 5.41) is 10.8. The molecule has 1 heterocycles. The van der Waals surface area contributed by atoms with Crippen molar-refractivity contribution in [3.8, 4) is 11.3 Å². The largest absolute Gasteiger partial charge is 0.313 e. The zero-order valence-electron chi connectivity index (χ0n) is 10.5. The maximum absolute atomic E-state index is 4.16. The summed E-state index contributed by atoms with van der Waals surface area (Å²) < 4.78 is 0. The Hall–Kier alpha value is -1.61.